The lowest BCUT2D eigenvalue weighted by atomic mass is 9.67. The molecule has 3 heteroatoms. The summed E-state index contributed by atoms with van der Waals surface area (Å²) in [6, 6.07) is 77.9. The van der Waals surface area contributed by atoms with Gasteiger partial charge in [0.2, 0.25) is 0 Å². The lowest BCUT2D eigenvalue weighted by Gasteiger charge is -2.35. The van der Waals surface area contributed by atoms with Gasteiger partial charge in [-0.1, -0.05) is 158 Å². The average Bonchev–Trinajstić information content (AvgIpc) is 4.01. The van der Waals surface area contributed by atoms with Crippen LogP contribution in [0.3, 0.4) is 0 Å². The molecule has 2 aliphatic rings. The predicted molar refractivity (Wildman–Crippen MR) is 267 cm³/mol. The molecule has 2 aromatic heterocycles. The van der Waals surface area contributed by atoms with Gasteiger partial charge in [0.25, 0.3) is 0 Å². The normalized spacial score (nSPS) is 14.0. The maximum atomic E-state index is 6.53. The van der Waals surface area contributed by atoms with Crippen LogP contribution in [0.4, 0.5) is 17.1 Å². The van der Waals surface area contributed by atoms with Crippen molar-refractivity contribution in [3.05, 3.63) is 253 Å². The van der Waals surface area contributed by atoms with Crippen molar-refractivity contribution in [2.24, 2.45) is 0 Å². The molecular formula is C61H42N2O. The van der Waals surface area contributed by atoms with Gasteiger partial charge in [-0.15, -0.1) is 0 Å². The van der Waals surface area contributed by atoms with Crippen molar-refractivity contribution in [3.63, 3.8) is 0 Å². The smallest absolute Gasteiger partial charge is 0.137 e. The van der Waals surface area contributed by atoms with Crippen molar-refractivity contribution in [2.45, 2.75) is 18.3 Å². The van der Waals surface area contributed by atoms with Gasteiger partial charge in [-0.2, -0.15) is 0 Å². The van der Waals surface area contributed by atoms with E-state index in [2.05, 4.69) is 234 Å². The van der Waals surface area contributed by atoms with Gasteiger partial charge in [-0.25, -0.2) is 0 Å². The number of rotatable bonds is 7. The van der Waals surface area contributed by atoms with Gasteiger partial charge in [-0.3, -0.25) is 0 Å². The van der Waals surface area contributed by atoms with E-state index >= 15 is 0 Å². The maximum Gasteiger partial charge on any atom is 0.137 e. The van der Waals surface area contributed by atoms with Gasteiger partial charge in [0.1, 0.15) is 11.2 Å². The molecule has 13 rings (SSSR count). The molecule has 0 saturated carbocycles. The highest BCUT2D eigenvalue weighted by Gasteiger charge is 2.46. The van der Waals surface area contributed by atoms with Crippen LogP contribution < -0.4 is 4.90 Å². The fraction of sp³-hybridized carbons (Fsp3) is 0.0492. The van der Waals surface area contributed by atoms with Gasteiger partial charge in [0, 0.05) is 50.4 Å². The summed E-state index contributed by atoms with van der Waals surface area (Å²) in [6.07, 6.45) is 8.81. The molecule has 64 heavy (non-hydrogen) atoms. The van der Waals surface area contributed by atoms with Crippen LogP contribution in [-0.4, -0.2) is 4.57 Å². The molecule has 0 amide bonds. The van der Waals surface area contributed by atoms with E-state index in [4.69, 9.17) is 4.42 Å². The first-order valence-corrected chi connectivity index (χ1v) is 22.3. The highest BCUT2D eigenvalue weighted by atomic mass is 16.3. The first-order chi connectivity index (χ1) is 31.7. The molecule has 0 spiro atoms. The van der Waals surface area contributed by atoms with E-state index in [0.29, 0.717) is 0 Å². The largest absolute Gasteiger partial charge is 0.456 e. The van der Waals surface area contributed by atoms with E-state index in [9.17, 15) is 0 Å². The second-order valence-electron chi connectivity index (χ2n) is 17.1. The molecule has 0 aliphatic heterocycles. The lowest BCUT2D eigenvalue weighted by molar-refractivity contribution is 0.669. The zero-order chi connectivity index (χ0) is 42.2. The lowest BCUT2D eigenvalue weighted by Crippen LogP contribution is -2.28. The third-order valence-corrected chi connectivity index (χ3v) is 13.7. The Morgan fingerprint density at radius 3 is 1.86 bits per heavy atom. The van der Waals surface area contributed by atoms with Crippen LogP contribution >= 0.6 is 0 Å². The molecule has 0 bridgehead atoms. The number of benzene rings is 9. The maximum absolute atomic E-state index is 6.53. The second kappa shape index (κ2) is 14.5. The summed E-state index contributed by atoms with van der Waals surface area (Å²) in [5, 5.41) is 4.78. The Morgan fingerprint density at radius 2 is 1.06 bits per heavy atom. The monoisotopic (exact) mass is 818 g/mol. The number of anilines is 3. The first-order valence-electron chi connectivity index (χ1n) is 22.3. The van der Waals surface area contributed by atoms with E-state index in [1.54, 1.807) is 0 Å². The Bertz CT molecular complexity index is 3620. The van der Waals surface area contributed by atoms with Crippen molar-refractivity contribution in [3.8, 4) is 22.3 Å². The van der Waals surface area contributed by atoms with Crippen LogP contribution in [0.2, 0.25) is 0 Å². The molecule has 0 atom stereocenters. The third-order valence-electron chi connectivity index (χ3n) is 13.7. The molecule has 3 nitrogen and oxygen atoms in total. The van der Waals surface area contributed by atoms with E-state index in [0.717, 1.165) is 51.8 Å². The molecule has 0 radical (unpaired) electrons. The summed E-state index contributed by atoms with van der Waals surface area (Å²) in [7, 11) is 0. The molecule has 2 aliphatic carbocycles. The highest BCUT2D eigenvalue weighted by Crippen LogP contribution is 2.57. The molecule has 0 unspecified atom stereocenters. The van der Waals surface area contributed by atoms with Crippen LogP contribution in [-0.2, 0) is 5.41 Å². The summed E-state index contributed by atoms with van der Waals surface area (Å²) in [5.74, 6) is 0. The van der Waals surface area contributed by atoms with E-state index < -0.39 is 5.41 Å². The summed E-state index contributed by atoms with van der Waals surface area (Å²) in [5.41, 5.74) is 18.2. The average molecular weight is 819 g/mol. The molecule has 11 aromatic rings. The minimum Gasteiger partial charge on any atom is -0.456 e. The molecule has 0 saturated heterocycles. The number of hydrogen-bond donors (Lipinski definition) is 0. The molecule has 0 fully saturated rings. The second-order valence-corrected chi connectivity index (χ2v) is 17.1. The minimum absolute atomic E-state index is 0.519. The summed E-state index contributed by atoms with van der Waals surface area (Å²) in [4.78, 5) is 2.39. The van der Waals surface area contributed by atoms with Crippen LogP contribution in [0.5, 0.6) is 0 Å². The standard InChI is InChI=1S/C61H42N2O/c1-4-16-43(17-5-1)61(44-18-6-2-7-19-44)55-25-13-10-22-49(55)50-35-33-47(39-56(50)61)62(48-34-36-53-52-24-12-15-27-59(52)64-60(53)40-48)46-31-28-41(29-32-46)42-30-37-58-54(38-42)51-23-11-14-26-57(51)63(58)45-20-8-3-9-21-45/h1-8,10-20,22-40H,9,21H2. The Labute approximate surface area is 372 Å². The third kappa shape index (κ3) is 5.47. The Balaban J connectivity index is 0.988. The number of aromatic nitrogens is 1. The predicted octanol–water partition coefficient (Wildman–Crippen LogP) is 16.4. The van der Waals surface area contributed by atoms with Crippen molar-refractivity contribution in [2.75, 3.05) is 4.90 Å². The van der Waals surface area contributed by atoms with Gasteiger partial charge in [-0.05, 0) is 124 Å². The molecule has 0 N–H and O–H groups in total. The number of hydrogen-bond acceptors (Lipinski definition) is 2. The Morgan fingerprint density at radius 1 is 0.438 bits per heavy atom. The number of nitrogens with zero attached hydrogens (tertiary/aromatic N) is 2. The van der Waals surface area contributed by atoms with Crippen LogP contribution in [0.25, 0.3) is 71.7 Å². The molecule has 2 heterocycles. The molecular weight excluding hydrogens is 777 g/mol. The zero-order valence-electron chi connectivity index (χ0n) is 35.2. The van der Waals surface area contributed by atoms with Gasteiger partial charge < -0.3 is 13.9 Å². The molecule has 302 valence electrons. The molecule has 9 aromatic carbocycles. The Kier molecular flexibility index (Phi) is 8.26. The first kappa shape index (κ1) is 36.5. The van der Waals surface area contributed by atoms with Crippen molar-refractivity contribution >= 4 is 66.5 Å². The van der Waals surface area contributed by atoms with Crippen molar-refractivity contribution in [1.82, 2.24) is 4.57 Å². The summed E-state index contributed by atoms with van der Waals surface area (Å²) >= 11 is 0. The highest BCUT2D eigenvalue weighted by molar-refractivity contribution is 6.11. The van der Waals surface area contributed by atoms with E-state index in [1.807, 2.05) is 6.07 Å². The summed E-state index contributed by atoms with van der Waals surface area (Å²) in [6.45, 7) is 0. The van der Waals surface area contributed by atoms with E-state index in [1.165, 1.54) is 72.0 Å². The van der Waals surface area contributed by atoms with Crippen LogP contribution in [0.15, 0.2) is 235 Å². The quantitative estimate of drug-likeness (QED) is 0.160. The van der Waals surface area contributed by atoms with Crippen LogP contribution in [0.1, 0.15) is 35.1 Å². The fourth-order valence-electron chi connectivity index (χ4n) is 10.9. The van der Waals surface area contributed by atoms with Gasteiger partial charge in [0.05, 0.1) is 16.4 Å². The minimum atomic E-state index is -0.519. The van der Waals surface area contributed by atoms with Crippen LogP contribution in [0, 0.1) is 0 Å². The van der Waals surface area contributed by atoms with Crippen molar-refractivity contribution in [1.29, 1.82) is 0 Å². The topological polar surface area (TPSA) is 21.3 Å². The van der Waals surface area contributed by atoms with Crippen molar-refractivity contribution < 1.29 is 4.42 Å². The Hall–Kier alpha value is -8.14. The number of fused-ring (bicyclic) bond motifs is 9. The SMILES string of the molecule is C1=CCCC(n2c3ccccc3c3cc(-c4ccc(N(c5ccc6c(c5)C(c5ccccc5)(c5ccccc5)c5ccccc5-6)c5ccc6c(c5)oc5ccccc56)cc4)ccc32)=C1. The number of allylic oxidation sites excluding steroid dienone is 4. The number of para-hydroxylation sites is 2. The fourth-order valence-corrected chi connectivity index (χ4v) is 10.9. The zero-order valence-corrected chi connectivity index (χ0v) is 35.2. The number of furan rings is 1. The summed E-state index contributed by atoms with van der Waals surface area (Å²) < 4.78 is 8.98. The van der Waals surface area contributed by atoms with Gasteiger partial charge >= 0.3 is 0 Å². The van der Waals surface area contributed by atoms with E-state index in [-0.39, 0.29) is 0 Å². The van der Waals surface area contributed by atoms with Gasteiger partial charge in [0.15, 0.2) is 0 Å².